The molecule has 112 valence electrons. The fraction of sp³-hybridized carbons (Fsp3) is 0.538. The minimum absolute atomic E-state index is 0.153. The van der Waals surface area contributed by atoms with E-state index in [-0.39, 0.29) is 11.5 Å². The molecule has 2 atom stereocenters. The second-order valence-corrected chi connectivity index (χ2v) is 4.90. The van der Waals surface area contributed by atoms with Crippen LogP contribution in [0.5, 0.6) is 11.5 Å². The summed E-state index contributed by atoms with van der Waals surface area (Å²) < 4.78 is 61.1. The summed E-state index contributed by atoms with van der Waals surface area (Å²) in [7, 11) is 3.04. The zero-order chi connectivity index (χ0) is 15.5. The molecule has 0 saturated carbocycles. The van der Waals surface area contributed by atoms with E-state index in [0.717, 1.165) is 0 Å². The van der Waals surface area contributed by atoms with Crippen molar-refractivity contribution in [2.24, 2.45) is 5.92 Å². The Morgan fingerprint density at radius 3 is 2.35 bits per heavy atom. The van der Waals surface area contributed by atoms with E-state index in [4.69, 9.17) is 9.47 Å². The van der Waals surface area contributed by atoms with Gasteiger partial charge in [0.1, 0.15) is 7.85 Å². The third-order valence-corrected chi connectivity index (χ3v) is 3.03. The quantitative estimate of drug-likeness (QED) is 0.613. The van der Waals surface area contributed by atoms with Crippen molar-refractivity contribution in [3.05, 3.63) is 17.9 Å². The molecule has 0 aliphatic carbocycles. The SMILES string of the molecule is Bc1cc(F)c(O[C@H](C)[C@H](C)CC(F)(F)F)c(OC)c1. The van der Waals surface area contributed by atoms with E-state index in [0.29, 0.717) is 5.46 Å². The molecule has 0 heterocycles. The van der Waals surface area contributed by atoms with Crippen molar-refractivity contribution >= 4 is 13.3 Å². The molecule has 20 heavy (non-hydrogen) atoms. The summed E-state index contributed by atoms with van der Waals surface area (Å²) in [4.78, 5) is 0. The Labute approximate surface area is 116 Å². The van der Waals surface area contributed by atoms with Crippen LogP contribution in [0.1, 0.15) is 20.3 Å². The second-order valence-electron chi connectivity index (χ2n) is 4.90. The van der Waals surface area contributed by atoms with Gasteiger partial charge < -0.3 is 9.47 Å². The molecule has 0 amide bonds. The first-order valence-electron chi connectivity index (χ1n) is 6.21. The summed E-state index contributed by atoms with van der Waals surface area (Å²) in [6.45, 7) is 2.89. The van der Waals surface area contributed by atoms with Gasteiger partial charge in [-0.15, -0.1) is 0 Å². The molecule has 1 aromatic carbocycles. The lowest BCUT2D eigenvalue weighted by Gasteiger charge is -2.24. The van der Waals surface area contributed by atoms with Crippen LogP contribution < -0.4 is 14.9 Å². The van der Waals surface area contributed by atoms with E-state index in [2.05, 4.69) is 0 Å². The van der Waals surface area contributed by atoms with Crippen LogP contribution in [-0.4, -0.2) is 27.2 Å². The molecule has 1 aromatic rings. The molecule has 0 bridgehead atoms. The van der Waals surface area contributed by atoms with E-state index in [1.165, 1.54) is 27.0 Å². The maximum Gasteiger partial charge on any atom is 0.389 e. The molecule has 0 fully saturated rings. The molecule has 0 N–H and O–H groups in total. The number of halogens is 4. The van der Waals surface area contributed by atoms with Gasteiger partial charge in [0.25, 0.3) is 0 Å². The van der Waals surface area contributed by atoms with E-state index in [9.17, 15) is 17.6 Å². The van der Waals surface area contributed by atoms with Crippen LogP contribution in [0.4, 0.5) is 17.6 Å². The van der Waals surface area contributed by atoms with Gasteiger partial charge in [-0.05, 0) is 19.1 Å². The lowest BCUT2D eigenvalue weighted by molar-refractivity contribution is -0.148. The molecule has 0 radical (unpaired) electrons. The summed E-state index contributed by atoms with van der Waals surface area (Å²) in [5, 5.41) is 0. The number of rotatable bonds is 5. The van der Waals surface area contributed by atoms with E-state index >= 15 is 0 Å². The monoisotopic (exact) mass is 292 g/mol. The van der Waals surface area contributed by atoms with Crippen molar-refractivity contribution in [2.75, 3.05) is 7.11 Å². The molecule has 0 saturated heterocycles. The van der Waals surface area contributed by atoms with Gasteiger partial charge in [0, 0.05) is 12.3 Å². The van der Waals surface area contributed by atoms with Gasteiger partial charge in [-0.25, -0.2) is 4.39 Å². The molecule has 1 rings (SSSR count). The molecule has 2 nitrogen and oxygen atoms in total. The largest absolute Gasteiger partial charge is 0.493 e. The first kappa shape index (κ1) is 16.7. The molecule has 7 heteroatoms. The Morgan fingerprint density at radius 1 is 1.25 bits per heavy atom. The molecular weight excluding hydrogens is 275 g/mol. The van der Waals surface area contributed by atoms with Crippen LogP contribution in [0, 0.1) is 11.7 Å². The first-order chi connectivity index (χ1) is 9.14. The van der Waals surface area contributed by atoms with Crippen LogP contribution in [-0.2, 0) is 0 Å². The number of hydrogen-bond acceptors (Lipinski definition) is 2. The zero-order valence-electron chi connectivity index (χ0n) is 11.8. The Kier molecular flexibility index (Phi) is 5.31. The molecule has 0 aliphatic heterocycles. The predicted octanol–water partition coefficient (Wildman–Crippen LogP) is 2.45. The molecule has 0 aromatic heterocycles. The highest BCUT2D eigenvalue weighted by atomic mass is 19.4. The minimum atomic E-state index is -4.27. The maximum atomic E-state index is 13.8. The summed E-state index contributed by atoms with van der Waals surface area (Å²) in [5.41, 5.74) is 0.641. The highest BCUT2D eigenvalue weighted by molar-refractivity contribution is 6.32. The van der Waals surface area contributed by atoms with Crippen molar-refractivity contribution in [2.45, 2.75) is 32.5 Å². The van der Waals surface area contributed by atoms with Crippen molar-refractivity contribution in [3.63, 3.8) is 0 Å². The summed E-state index contributed by atoms with van der Waals surface area (Å²) in [5.74, 6) is -1.42. The van der Waals surface area contributed by atoms with Crippen LogP contribution in [0.15, 0.2) is 12.1 Å². The average molecular weight is 292 g/mol. The van der Waals surface area contributed by atoms with Crippen LogP contribution in [0.3, 0.4) is 0 Å². The van der Waals surface area contributed by atoms with Gasteiger partial charge in [0.2, 0.25) is 0 Å². The van der Waals surface area contributed by atoms with Crippen LogP contribution in [0.25, 0.3) is 0 Å². The smallest absolute Gasteiger partial charge is 0.389 e. The highest BCUT2D eigenvalue weighted by Gasteiger charge is 2.33. The zero-order valence-corrected chi connectivity index (χ0v) is 11.8. The Morgan fingerprint density at radius 2 is 1.85 bits per heavy atom. The average Bonchev–Trinajstić information content (AvgIpc) is 2.29. The van der Waals surface area contributed by atoms with Crippen molar-refractivity contribution in [1.29, 1.82) is 0 Å². The summed E-state index contributed by atoms with van der Waals surface area (Å²) in [6, 6.07) is 2.82. The number of methoxy groups -OCH3 is 1. The number of alkyl halides is 3. The standard InChI is InChI=1S/C13H17BF4O2/c1-7(6-13(16,17)18)8(2)20-12-10(15)4-9(14)5-11(12)19-3/h4-5,7-8H,6,14H2,1-3H3/t7-,8-/m1/s1. The van der Waals surface area contributed by atoms with Gasteiger partial charge in [0.15, 0.2) is 17.3 Å². The molecule has 0 spiro atoms. The second kappa shape index (κ2) is 6.37. The third-order valence-electron chi connectivity index (χ3n) is 3.03. The summed E-state index contributed by atoms with van der Waals surface area (Å²) >= 11 is 0. The van der Waals surface area contributed by atoms with Crippen molar-refractivity contribution in [1.82, 2.24) is 0 Å². The van der Waals surface area contributed by atoms with E-state index in [1.54, 1.807) is 13.9 Å². The maximum absolute atomic E-state index is 13.8. The Bertz CT molecular complexity index is 462. The van der Waals surface area contributed by atoms with Gasteiger partial charge in [-0.2, -0.15) is 13.2 Å². The van der Waals surface area contributed by atoms with Gasteiger partial charge in [-0.1, -0.05) is 12.4 Å². The Hall–Kier alpha value is -1.40. The van der Waals surface area contributed by atoms with Crippen LogP contribution >= 0.6 is 0 Å². The third kappa shape index (κ3) is 4.61. The first-order valence-corrected chi connectivity index (χ1v) is 6.21. The fourth-order valence-corrected chi connectivity index (χ4v) is 1.80. The van der Waals surface area contributed by atoms with Crippen LogP contribution in [0.2, 0.25) is 0 Å². The van der Waals surface area contributed by atoms with Gasteiger partial charge >= 0.3 is 6.18 Å². The van der Waals surface area contributed by atoms with Gasteiger partial charge in [0.05, 0.1) is 13.2 Å². The summed E-state index contributed by atoms with van der Waals surface area (Å²) in [6.07, 6.45) is -6.04. The Balaban J connectivity index is 2.87. The van der Waals surface area contributed by atoms with E-state index < -0.39 is 30.4 Å². The minimum Gasteiger partial charge on any atom is -0.493 e. The van der Waals surface area contributed by atoms with Crippen molar-refractivity contribution in [3.8, 4) is 11.5 Å². The van der Waals surface area contributed by atoms with Crippen molar-refractivity contribution < 1.29 is 27.0 Å². The number of hydrogen-bond donors (Lipinski definition) is 0. The highest BCUT2D eigenvalue weighted by Crippen LogP contribution is 2.33. The number of benzene rings is 1. The predicted molar refractivity (Wildman–Crippen MR) is 71.1 cm³/mol. The lowest BCUT2D eigenvalue weighted by Crippen LogP contribution is -2.27. The van der Waals surface area contributed by atoms with Gasteiger partial charge in [-0.3, -0.25) is 0 Å². The lowest BCUT2D eigenvalue weighted by atomic mass is 9.95. The molecular formula is C13H17BF4O2. The normalized spacial score (nSPS) is 14.8. The number of ether oxygens (including phenoxy) is 2. The molecule has 0 aliphatic rings. The van der Waals surface area contributed by atoms with E-state index in [1.807, 2.05) is 0 Å². The topological polar surface area (TPSA) is 18.5 Å². The molecule has 0 unspecified atom stereocenters. The fourth-order valence-electron chi connectivity index (χ4n) is 1.80.